The van der Waals surface area contributed by atoms with Crippen LogP contribution in [0.2, 0.25) is 0 Å². The number of amides is 3. The highest BCUT2D eigenvalue weighted by Crippen LogP contribution is 2.37. The molecule has 2 aliphatic rings. The van der Waals surface area contributed by atoms with E-state index >= 15 is 0 Å². The molecule has 3 amide bonds. The van der Waals surface area contributed by atoms with Gasteiger partial charge in [-0.25, -0.2) is 4.98 Å². The number of carbonyl (C=O) groups is 3. The fourth-order valence-electron chi connectivity index (χ4n) is 3.51. The Hall–Kier alpha value is -2.02. The number of carbonyl (C=O) groups excluding carboxylic acids is 3. The van der Waals surface area contributed by atoms with Gasteiger partial charge in [0.1, 0.15) is 6.04 Å². The quantitative estimate of drug-likeness (QED) is 0.646. The van der Waals surface area contributed by atoms with Gasteiger partial charge in [-0.15, -0.1) is 11.3 Å². The second-order valence-electron chi connectivity index (χ2n) is 7.11. The molecular weight excluding hydrogens is 338 g/mol. The van der Waals surface area contributed by atoms with Crippen molar-refractivity contribution in [2.45, 2.75) is 46.1 Å². The molecule has 3 atom stereocenters. The van der Waals surface area contributed by atoms with Gasteiger partial charge in [0.15, 0.2) is 5.13 Å². The number of anilines is 1. The van der Waals surface area contributed by atoms with Gasteiger partial charge in [-0.05, 0) is 32.1 Å². The lowest BCUT2D eigenvalue weighted by molar-refractivity contribution is -0.147. The summed E-state index contributed by atoms with van der Waals surface area (Å²) in [5, 5.41) is 3.27. The van der Waals surface area contributed by atoms with Crippen molar-refractivity contribution < 1.29 is 14.4 Å². The lowest BCUT2D eigenvalue weighted by Crippen LogP contribution is -2.48. The van der Waals surface area contributed by atoms with E-state index in [9.17, 15) is 14.4 Å². The first-order valence-electron chi connectivity index (χ1n) is 8.63. The van der Waals surface area contributed by atoms with Crippen molar-refractivity contribution in [3.8, 4) is 0 Å². The highest BCUT2D eigenvalue weighted by Gasteiger charge is 2.51. The zero-order valence-electron chi connectivity index (χ0n) is 14.7. The molecule has 3 rings (SSSR count). The van der Waals surface area contributed by atoms with E-state index in [2.05, 4.69) is 10.3 Å². The third-order valence-electron chi connectivity index (χ3n) is 4.70. The van der Waals surface area contributed by atoms with E-state index in [-0.39, 0.29) is 35.5 Å². The Kier molecular flexibility index (Phi) is 5.03. The highest BCUT2D eigenvalue weighted by atomic mass is 32.1. The molecule has 1 fully saturated rings. The first-order valence-corrected chi connectivity index (χ1v) is 9.45. The Labute approximate surface area is 151 Å². The number of rotatable bonds is 5. The van der Waals surface area contributed by atoms with E-state index in [0.29, 0.717) is 24.4 Å². The largest absolute Gasteiger partial charge is 0.300 e. The number of fused-ring (bicyclic) bond motifs is 1. The van der Waals surface area contributed by atoms with Crippen LogP contribution in [0.5, 0.6) is 0 Å². The normalized spacial score (nSPS) is 23.9. The first kappa shape index (κ1) is 17.8. The number of aromatic nitrogens is 1. The monoisotopic (exact) mass is 361 g/mol. The van der Waals surface area contributed by atoms with E-state index in [1.54, 1.807) is 6.20 Å². The van der Waals surface area contributed by atoms with Crippen LogP contribution in [0.15, 0.2) is 18.3 Å². The summed E-state index contributed by atoms with van der Waals surface area (Å²) in [4.78, 5) is 44.8. The topological polar surface area (TPSA) is 79.4 Å². The van der Waals surface area contributed by atoms with Crippen molar-refractivity contribution in [3.63, 3.8) is 0 Å². The minimum absolute atomic E-state index is 0.176. The van der Waals surface area contributed by atoms with Crippen molar-refractivity contribution in [1.29, 1.82) is 0 Å². The third kappa shape index (κ3) is 3.51. The van der Waals surface area contributed by atoms with E-state index in [1.165, 1.54) is 16.2 Å². The smallest absolute Gasteiger partial charge is 0.249 e. The highest BCUT2D eigenvalue weighted by molar-refractivity contribution is 7.15. The number of hydrogen-bond acceptors (Lipinski definition) is 5. The molecule has 0 aromatic carbocycles. The van der Waals surface area contributed by atoms with Crippen LogP contribution in [0.25, 0.3) is 0 Å². The Balaban J connectivity index is 1.83. The van der Waals surface area contributed by atoms with Crippen LogP contribution in [0.4, 0.5) is 5.13 Å². The number of allylic oxidation sites excluding steroid dienone is 2. The summed E-state index contributed by atoms with van der Waals surface area (Å²) in [6.07, 6.45) is 7.18. The summed E-state index contributed by atoms with van der Waals surface area (Å²) in [6, 6.07) is -0.783. The molecule has 1 aliphatic carbocycles. The molecule has 7 heteroatoms. The molecule has 25 heavy (non-hydrogen) atoms. The van der Waals surface area contributed by atoms with Gasteiger partial charge in [0.25, 0.3) is 0 Å². The van der Waals surface area contributed by atoms with Crippen LogP contribution in [0.3, 0.4) is 0 Å². The summed E-state index contributed by atoms with van der Waals surface area (Å²) in [7, 11) is 0. The Morgan fingerprint density at radius 3 is 2.36 bits per heavy atom. The van der Waals surface area contributed by atoms with E-state index in [4.69, 9.17) is 0 Å². The number of likely N-dealkylation sites (tertiary alicyclic amines) is 1. The average molecular weight is 361 g/mol. The summed E-state index contributed by atoms with van der Waals surface area (Å²) in [5.41, 5.74) is 0. The second kappa shape index (κ2) is 7.07. The molecule has 1 aromatic rings. The van der Waals surface area contributed by atoms with Gasteiger partial charge in [0, 0.05) is 11.1 Å². The molecule has 0 bridgehead atoms. The summed E-state index contributed by atoms with van der Waals surface area (Å²) < 4.78 is 0. The van der Waals surface area contributed by atoms with Gasteiger partial charge in [0.2, 0.25) is 17.7 Å². The molecular formula is C18H23N3O3S. The van der Waals surface area contributed by atoms with E-state index in [1.807, 2.05) is 32.9 Å². The van der Waals surface area contributed by atoms with Gasteiger partial charge in [-0.1, -0.05) is 26.0 Å². The van der Waals surface area contributed by atoms with Crippen LogP contribution in [0.1, 0.15) is 38.0 Å². The lowest BCUT2D eigenvalue weighted by Gasteiger charge is -2.26. The van der Waals surface area contributed by atoms with Crippen LogP contribution < -0.4 is 5.32 Å². The number of nitrogens with one attached hydrogen (secondary N) is 1. The van der Waals surface area contributed by atoms with Gasteiger partial charge < -0.3 is 5.32 Å². The second-order valence-corrected chi connectivity index (χ2v) is 8.35. The molecule has 6 nitrogen and oxygen atoms in total. The Morgan fingerprint density at radius 1 is 1.28 bits per heavy atom. The molecule has 0 saturated carbocycles. The molecule has 2 heterocycles. The van der Waals surface area contributed by atoms with Crippen molar-refractivity contribution in [2.75, 3.05) is 5.32 Å². The van der Waals surface area contributed by atoms with Crippen molar-refractivity contribution in [1.82, 2.24) is 9.88 Å². The van der Waals surface area contributed by atoms with Gasteiger partial charge in [-0.3, -0.25) is 19.3 Å². The van der Waals surface area contributed by atoms with E-state index in [0.717, 1.165) is 4.88 Å². The van der Waals surface area contributed by atoms with Crippen LogP contribution in [-0.2, 0) is 14.4 Å². The van der Waals surface area contributed by atoms with E-state index < -0.39 is 6.04 Å². The number of aryl methyl sites for hydroxylation is 1. The summed E-state index contributed by atoms with van der Waals surface area (Å²) >= 11 is 1.38. The fourth-order valence-corrected chi connectivity index (χ4v) is 4.18. The van der Waals surface area contributed by atoms with Gasteiger partial charge in [-0.2, -0.15) is 0 Å². The van der Waals surface area contributed by atoms with Crippen LogP contribution in [0, 0.1) is 24.7 Å². The predicted molar refractivity (Wildman–Crippen MR) is 95.9 cm³/mol. The number of imide groups is 1. The first-order chi connectivity index (χ1) is 11.9. The molecule has 1 saturated heterocycles. The molecule has 1 aromatic heterocycles. The number of hydrogen-bond donors (Lipinski definition) is 1. The number of nitrogens with zero attached hydrogens (tertiary/aromatic N) is 2. The SMILES string of the molecule is Cc1cnc(NC(=O)[C@@H](CC(C)C)N2C(=O)[C@H]3CC=CC[C@H]3C2=O)s1. The van der Waals surface area contributed by atoms with Gasteiger partial charge in [0.05, 0.1) is 11.8 Å². The predicted octanol–water partition coefficient (Wildman–Crippen LogP) is 2.76. The average Bonchev–Trinajstić information content (AvgIpc) is 3.08. The fraction of sp³-hybridized carbons (Fsp3) is 0.556. The minimum Gasteiger partial charge on any atom is -0.300 e. The standard InChI is InChI=1S/C18H23N3O3S/c1-10(2)8-14(15(22)20-18-19-9-11(3)25-18)21-16(23)12-6-4-5-7-13(12)17(21)24/h4-5,9-10,12-14H,6-8H2,1-3H3,(H,19,20,22)/t12-,13+,14-/m1/s1. The minimum atomic E-state index is -0.783. The molecule has 0 radical (unpaired) electrons. The molecule has 1 aliphatic heterocycles. The van der Waals surface area contributed by atoms with Crippen molar-refractivity contribution in [3.05, 3.63) is 23.2 Å². The maximum atomic E-state index is 12.8. The Morgan fingerprint density at radius 2 is 1.88 bits per heavy atom. The van der Waals surface area contributed by atoms with Crippen molar-refractivity contribution >= 4 is 34.2 Å². The molecule has 0 spiro atoms. The number of thiazole rings is 1. The third-order valence-corrected chi connectivity index (χ3v) is 5.53. The summed E-state index contributed by atoms with van der Waals surface area (Å²) in [5.74, 6) is -1.22. The van der Waals surface area contributed by atoms with Crippen LogP contribution >= 0.6 is 11.3 Å². The zero-order valence-corrected chi connectivity index (χ0v) is 15.5. The van der Waals surface area contributed by atoms with Crippen molar-refractivity contribution in [2.24, 2.45) is 17.8 Å². The molecule has 134 valence electrons. The maximum absolute atomic E-state index is 12.8. The lowest BCUT2D eigenvalue weighted by atomic mass is 9.85. The molecule has 0 unspecified atom stereocenters. The Bertz CT molecular complexity index is 699. The van der Waals surface area contributed by atoms with Crippen LogP contribution in [-0.4, -0.2) is 33.6 Å². The summed E-state index contributed by atoms with van der Waals surface area (Å²) in [6.45, 7) is 5.87. The zero-order chi connectivity index (χ0) is 18.1. The molecule has 1 N–H and O–H groups in total. The maximum Gasteiger partial charge on any atom is 0.249 e. The van der Waals surface area contributed by atoms with Gasteiger partial charge >= 0.3 is 0 Å².